The van der Waals surface area contributed by atoms with Gasteiger partial charge in [0.25, 0.3) is 0 Å². The van der Waals surface area contributed by atoms with Crippen LogP contribution in [-0.4, -0.2) is 61.2 Å². The molecule has 176 valence electrons. The van der Waals surface area contributed by atoms with Gasteiger partial charge in [-0.1, -0.05) is 18.2 Å². The first-order valence-electron chi connectivity index (χ1n) is 11.2. The normalized spacial score (nSPS) is 17.1. The molecule has 0 aliphatic carbocycles. The summed E-state index contributed by atoms with van der Waals surface area (Å²) in [6.45, 7) is 4.37. The lowest BCUT2D eigenvalue weighted by molar-refractivity contribution is -0.143. The molecule has 3 heterocycles. The molecule has 3 N–H and O–H groups in total. The number of piperidine rings is 1. The summed E-state index contributed by atoms with van der Waals surface area (Å²) in [5.41, 5.74) is 7.15. The predicted octanol–water partition coefficient (Wildman–Crippen LogP) is 2.21. The van der Waals surface area contributed by atoms with Crippen LogP contribution in [0.25, 0.3) is 0 Å². The van der Waals surface area contributed by atoms with Crippen LogP contribution >= 0.6 is 0 Å². The zero-order valence-corrected chi connectivity index (χ0v) is 18.5. The van der Waals surface area contributed by atoms with E-state index in [4.69, 9.17) is 20.6 Å². The Morgan fingerprint density at radius 3 is 2.52 bits per heavy atom. The minimum Gasteiger partial charge on any atom is -0.460 e. The van der Waals surface area contributed by atoms with Crippen LogP contribution in [0.2, 0.25) is 0 Å². The summed E-state index contributed by atoms with van der Waals surface area (Å²) in [6, 6.07) is 5.20. The van der Waals surface area contributed by atoms with E-state index in [1.165, 1.54) is 0 Å². The first kappa shape index (κ1) is 22.9. The van der Waals surface area contributed by atoms with Crippen molar-refractivity contribution in [3.8, 4) is 0 Å². The molecule has 0 radical (unpaired) electrons. The van der Waals surface area contributed by atoms with Gasteiger partial charge in [0.1, 0.15) is 24.7 Å². The third-order valence-corrected chi connectivity index (χ3v) is 6.05. The van der Waals surface area contributed by atoms with Crippen molar-refractivity contribution in [1.29, 1.82) is 5.41 Å². The largest absolute Gasteiger partial charge is 0.460 e. The summed E-state index contributed by atoms with van der Waals surface area (Å²) < 4.78 is 25.5. The standard InChI is InChI=1S/C23H29FN6O3/c24-22-17(15-33-21(31)12-20(25)26)2-1-3-19(22)16-4-6-29(7-5-16)18-13-27-23(28-14-18)30-8-10-32-11-9-30/h1-3,13-14,16H,4-12,15H2,(H3,25,26). The molecule has 2 aliphatic rings. The van der Waals surface area contributed by atoms with Gasteiger partial charge in [-0.3, -0.25) is 10.2 Å². The molecule has 2 aliphatic heterocycles. The monoisotopic (exact) mass is 456 g/mol. The van der Waals surface area contributed by atoms with E-state index >= 15 is 4.39 Å². The van der Waals surface area contributed by atoms with Gasteiger partial charge in [0.2, 0.25) is 5.95 Å². The Labute approximate surface area is 192 Å². The summed E-state index contributed by atoms with van der Waals surface area (Å²) in [4.78, 5) is 25.0. The number of ether oxygens (including phenoxy) is 2. The molecule has 1 aromatic carbocycles. The van der Waals surface area contributed by atoms with Gasteiger partial charge in [0, 0.05) is 31.7 Å². The van der Waals surface area contributed by atoms with Crippen LogP contribution in [0.1, 0.15) is 36.3 Å². The molecule has 0 atom stereocenters. The number of nitrogens with one attached hydrogen (secondary N) is 1. The van der Waals surface area contributed by atoms with Crippen molar-refractivity contribution in [2.24, 2.45) is 5.73 Å². The molecule has 2 saturated heterocycles. The number of amidine groups is 1. The van der Waals surface area contributed by atoms with Crippen molar-refractivity contribution in [3.63, 3.8) is 0 Å². The number of hydrogen-bond acceptors (Lipinski definition) is 8. The van der Waals surface area contributed by atoms with E-state index in [9.17, 15) is 4.79 Å². The lowest BCUT2D eigenvalue weighted by atomic mass is 9.88. The van der Waals surface area contributed by atoms with Crippen LogP contribution < -0.4 is 15.5 Å². The molecule has 2 aromatic rings. The van der Waals surface area contributed by atoms with Crippen LogP contribution in [0.5, 0.6) is 0 Å². The van der Waals surface area contributed by atoms with Crippen molar-refractivity contribution in [3.05, 3.63) is 47.5 Å². The summed E-state index contributed by atoms with van der Waals surface area (Å²) in [5, 5.41) is 7.14. The minimum absolute atomic E-state index is 0.0858. The fourth-order valence-electron chi connectivity index (χ4n) is 4.24. The highest BCUT2D eigenvalue weighted by Gasteiger charge is 2.25. The quantitative estimate of drug-likeness (QED) is 0.370. The lowest BCUT2D eigenvalue weighted by Gasteiger charge is -2.34. The molecule has 1 aromatic heterocycles. The van der Waals surface area contributed by atoms with Crippen molar-refractivity contribution < 1.29 is 18.7 Å². The number of anilines is 2. The van der Waals surface area contributed by atoms with Crippen molar-refractivity contribution in [2.75, 3.05) is 49.2 Å². The number of esters is 1. The second kappa shape index (κ2) is 10.6. The number of carbonyl (C=O) groups excluding carboxylic acids is 1. The van der Waals surface area contributed by atoms with E-state index in [0.717, 1.165) is 50.7 Å². The Kier molecular flexibility index (Phi) is 7.33. The van der Waals surface area contributed by atoms with Crippen LogP contribution in [0.4, 0.5) is 16.0 Å². The van der Waals surface area contributed by atoms with Gasteiger partial charge in [-0.2, -0.15) is 0 Å². The fourth-order valence-corrected chi connectivity index (χ4v) is 4.24. The average Bonchev–Trinajstić information content (AvgIpc) is 2.84. The van der Waals surface area contributed by atoms with E-state index in [1.807, 2.05) is 12.4 Å². The molecule has 0 unspecified atom stereocenters. The minimum atomic E-state index is -0.637. The van der Waals surface area contributed by atoms with Gasteiger partial charge < -0.3 is 25.0 Å². The summed E-state index contributed by atoms with van der Waals surface area (Å²) in [5.74, 6) is -0.433. The molecule has 33 heavy (non-hydrogen) atoms. The highest BCUT2D eigenvalue weighted by Crippen LogP contribution is 2.33. The van der Waals surface area contributed by atoms with Crippen LogP contribution in [0.15, 0.2) is 30.6 Å². The smallest absolute Gasteiger partial charge is 0.313 e. The summed E-state index contributed by atoms with van der Waals surface area (Å²) in [7, 11) is 0. The van der Waals surface area contributed by atoms with Crippen LogP contribution in [0.3, 0.4) is 0 Å². The Morgan fingerprint density at radius 1 is 1.15 bits per heavy atom. The Bertz CT molecular complexity index is 973. The molecular weight excluding hydrogens is 427 g/mol. The number of halogens is 1. The third kappa shape index (κ3) is 5.75. The maximum absolute atomic E-state index is 15.1. The Morgan fingerprint density at radius 2 is 1.85 bits per heavy atom. The number of carbonyl (C=O) groups is 1. The number of morpholine rings is 1. The number of benzene rings is 1. The van der Waals surface area contributed by atoms with Crippen LogP contribution in [-0.2, 0) is 20.9 Å². The second-order valence-corrected chi connectivity index (χ2v) is 8.29. The fraction of sp³-hybridized carbons (Fsp3) is 0.478. The molecular formula is C23H29FN6O3. The highest BCUT2D eigenvalue weighted by atomic mass is 19.1. The Hall–Kier alpha value is -3.27. The predicted molar refractivity (Wildman–Crippen MR) is 122 cm³/mol. The third-order valence-electron chi connectivity index (χ3n) is 6.05. The topological polar surface area (TPSA) is 118 Å². The lowest BCUT2D eigenvalue weighted by Crippen LogP contribution is -2.37. The molecule has 0 amide bonds. The number of hydrogen-bond donors (Lipinski definition) is 2. The van der Waals surface area contributed by atoms with Crippen molar-refractivity contribution >= 4 is 23.4 Å². The van der Waals surface area contributed by atoms with E-state index in [2.05, 4.69) is 19.8 Å². The van der Waals surface area contributed by atoms with Gasteiger partial charge in [-0.25, -0.2) is 14.4 Å². The Balaban J connectivity index is 1.34. The van der Waals surface area contributed by atoms with E-state index in [1.54, 1.807) is 18.2 Å². The zero-order chi connectivity index (χ0) is 23.2. The van der Waals surface area contributed by atoms with Gasteiger partial charge in [0.15, 0.2) is 0 Å². The van der Waals surface area contributed by atoms with Crippen molar-refractivity contribution in [2.45, 2.75) is 31.8 Å². The molecule has 10 heteroatoms. The first-order chi connectivity index (χ1) is 16.0. The summed E-state index contributed by atoms with van der Waals surface area (Å²) in [6.07, 6.45) is 5.02. The maximum atomic E-state index is 15.1. The van der Waals surface area contributed by atoms with Crippen LogP contribution in [0, 0.1) is 11.2 Å². The molecule has 4 rings (SSSR count). The van der Waals surface area contributed by atoms with Gasteiger partial charge in [-0.15, -0.1) is 0 Å². The van der Waals surface area contributed by atoms with E-state index < -0.39 is 5.97 Å². The maximum Gasteiger partial charge on any atom is 0.313 e. The zero-order valence-electron chi connectivity index (χ0n) is 18.5. The number of nitrogens with zero attached hydrogens (tertiary/aromatic N) is 4. The first-order valence-corrected chi connectivity index (χ1v) is 11.2. The summed E-state index contributed by atoms with van der Waals surface area (Å²) >= 11 is 0. The molecule has 0 spiro atoms. The number of rotatable bonds is 7. The van der Waals surface area contributed by atoms with E-state index in [0.29, 0.717) is 24.3 Å². The molecule has 0 bridgehead atoms. The van der Waals surface area contributed by atoms with Gasteiger partial charge in [-0.05, 0) is 24.3 Å². The van der Waals surface area contributed by atoms with Gasteiger partial charge in [0.05, 0.1) is 31.3 Å². The highest BCUT2D eigenvalue weighted by molar-refractivity contribution is 5.94. The van der Waals surface area contributed by atoms with Gasteiger partial charge >= 0.3 is 5.97 Å². The SMILES string of the molecule is N=C(N)CC(=O)OCc1cccc(C2CCN(c3cnc(N4CCOCC4)nc3)CC2)c1F. The average molecular weight is 457 g/mol. The number of nitrogens with two attached hydrogens (primary N) is 1. The number of aromatic nitrogens is 2. The van der Waals surface area contributed by atoms with E-state index in [-0.39, 0.29) is 30.6 Å². The van der Waals surface area contributed by atoms with Crippen molar-refractivity contribution in [1.82, 2.24) is 9.97 Å². The molecule has 0 saturated carbocycles. The molecule has 9 nitrogen and oxygen atoms in total. The molecule has 2 fully saturated rings. The second-order valence-electron chi connectivity index (χ2n) is 8.29.